The minimum absolute atomic E-state index is 0.761. The second kappa shape index (κ2) is 4.03. The summed E-state index contributed by atoms with van der Waals surface area (Å²) < 4.78 is 0. The molecule has 0 aliphatic rings. The van der Waals surface area contributed by atoms with Crippen molar-refractivity contribution >= 4 is 11.9 Å². The highest BCUT2D eigenvalue weighted by Gasteiger charge is 2.46. The van der Waals surface area contributed by atoms with Crippen molar-refractivity contribution in [1.29, 1.82) is 0 Å². The molecule has 2 N–H and O–H groups in total. The van der Waals surface area contributed by atoms with E-state index in [4.69, 9.17) is 10.2 Å². The van der Waals surface area contributed by atoms with Gasteiger partial charge in [0.2, 0.25) is 5.54 Å². The maximum Gasteiger partial charge on any atom is 0.314 e. The zero-order valence-electron chi connectivity index (χ0n) is 7.76. The molecular formula is C7H11NO6. The van der Waals surface area contributed by atoms with Gasteiger partial charge in [0.1, 0.15) is 5.92 Å². The van der Waals surface area contributed by atoms with Crippen LogP contribution in [0.2, 0.25) is 0 Å². The zero-order chi connectivity index (χ0) is 11.5. The Morgan fingerprint density at radius 1 is 1.43 bits per heavy atom. The van der Waals surface area contributed by atoms with Crippen LogP contribution in [0.15, 0.2) is 0 Å². The Morgan fingerprint density at radius 3 is 2.07 bits per heavy atom. The number of carboxylic acids is 2. The second-order valence-corrected chi connectivity index (χ2v) is 3.40. The summed E-state index contributed by atoms with van der Waals surface area (Å²) in [5.41, 5.74) is -1.79. The SMILES string of the molecule is CC(C)(C(CC(=O)O)C(=O)O)[N+](=O)[O-]. The predicted molar refractivity (Wildman–Crippen MR) is 44.5 cm³/mol. The van der Waals surface area contributed by atoms with E-state index in [1.807, 2.05) is 0 Å². The molecule has 14 heavy (non-hydrogen) atoms. The van der Waals surface area contributed by atoms with E-state index in [2.05, 4.69) is 0 Å². The summed E-state index contributed by atoms with van der Waals surface area (Å²) in [7, 11) is 0. The largest absolute Gasteiger partial charge is 0.481 e. The normalized spacial score (nSPS) is 13.3. The van der Waals surface area contributed by atoms with Crippen LogP contribution in [0.5, 0.6) is 0 Å². The second-order valence-electron chi connectivity index (χ2n) is 3.40. The first kappa shape index (κ1) is 12.3. The van der Waals surface area contributed by atoms with Crippen LogP contribution in [0.4, 0.5) is 0 Å². The molecule has 0 spiro atoms. The third-order valence-corrected chi connectivity index (χ3v) is 2.00. The van der Waals surface area contributed by atoms with Gasteiger partial charge in [-0.25, -0.2) is 0 Å². The quantitative estimate of drug-likeness (QED) is 0.489. The highest BCUT2D eigenvalue weighted by molar-refractivity contribution is 5.78. The molecular weight excluding hydrogens is 194 g/mol. The molecule has 0 aromatic carbocycles. The van der Waals surface area contributed by atoms with Gasteiger partial charge in [0.25, 0.3) is 0 Å². The van der Waals surface area contributed by atoms with Crippen LogP contribution in [0.3, 0.4) is 0 Å². The van der Waals surface area contributed by atoms with E-state index in [9.17, 15) is 19.7 Å². The average molecular weight is 205 g/mol. The van der Waals surface area contributed by atoms with Gasteiger partial charge < -0.3 is 10.2 Å². The number of carbonyl (C=O) groups is 2. The third-order valence-electron chi connectivity index (χ3n) is 2.00. The molecule has 7 heteroatoms. The molecule has 0 aliphatic carbocycles. The Kier molecular flexibility index (Phi) is 3.55. The molecule has 0 aromatic heterocycles. The topological polar surface area (TPSA) is 118 Å². The van der Waals surface area contributed by atoms with Gasteiger partial charge in [0.05, 0.1) is 6.42 Å². The fraction of sp³-hybridized carbons (Fsp3) is 0.714. The molecule has 1 unspecified atom stereocenters. The van der Waals surface area contributed by atoms with Crippen molar-refractivity contribution in [2.45, 2.75) is 25.8 Å². The van der Waals surface area contributed by atoms with Gasteiger partial charge in [-0.1, -0.05) is 0 Å². The van der Waals surface area contributed by atoms with E-state index >= 15 is 0 Å². The smallest absolute Gasteiger partial charge is 0.314 e. The van der Waals surface area contributed by atoms with E-state index in [1.165, 1.54) is 0 Å². The lowest BCUT2D eigenvalue weighted by atomic mass is 9.85. The van der Waals surface area contributed by atoms with Gasteiger partial charge in [0.15, 0.2) is 0 Å². The van der Waals surface area contributed by atoms with Crippen LogP contribution in [-0.2, 0) is 9.59 Å². The summed E-state index contributed by atoms with van der Waals surface area (Å²) in [5, 5.41) is 27.5. The van der Waals surface area contributed by atoms with Crippen molar-refractivity contribution in [2.75, 3.05) is 0 Å². The van der Waals surface area contributed by atoms with Crippen LogP contribution >= 0.6 is 0 Å². The van der Waals surface area contributed by atoms with Gasteiger partial charge in [-0.2, -0.15) is 0 Å². The highest BCUT2D eigenvalue weighted by atomic mass is 16.6. The molecule has 0 saturated carbocycles. The van der Waals surface area contributed by atoms with E-state index in [0.717, 1.165) is 13.8 Å². The summed E-state index contributed by atoms with van der Waals surface area (Å²) in [6.07, 6.45) is -0.761. The Bertz CT molecular complexity index is 271. The molecule has 1 atom stereocenters. The third kappa shape index (κ3) is 2.68. The predicted octanol–water partition coefficient (Wildman–Crippen LogP) is 0.217. The van der Waals surface area contributed by atoms with E-state index in [1.54, 1.807) is 0 Å². The van der Waals surface area contributed by atoms with Crippen LogP contribution < -0.4 is 0 Å². The summed E-state index contributed by atoms with van der Waals surface area (Å²) in [4.78, 5) is 30.6. The molecule has 0 heterocycles. The summed E-state index contributed by atoms with van der Waals surface area (Å²) in [6.45, 7) is 2.18. The van der Waals surface area contributed by atoms with Gasteiger partial charge in [-0.05, 0) is 0 Å². The molecule has 80 valence electrons. The minimum Gasteiger partial charge on any atom is -0.481 e. The molecule has 0 aliphatic heterocycles. The monoisotopic (exact) mass is 205 g/mol. The summed E-state index contributed by atoms with van der Waals surface area (Å²) in [5.74, 6) is -4.38. The number of hydrogen-bond donors (Lipinski definition) is 2. The molecule has 7 nitrogen and oxygen atoms in total. The first-order valence-electron chi connectivity index (χ1n) is 3.78. The maximum atomic E-state index is 10.6. The molecule has 0 fully saturated rings. The molecule has 0 radical (unpaired) electrons. The van der Waals surface area contributed by atoms with Gasteiger partial charge >= 0.3 is 11.9 Å². The van der Waals surface area contributed by atoms with Crippen molar-refractivity contribution in [3.05, 3.63) is 10.1 Å². The number of aliphatic carboxylic acids is 2. The fourth-order valence-corrected chi connectivity index (χ4v) is 0.941. The lowest BCUT2D eigenvalue weighted by molar-refractivity contribution is -0.568. The molecule has 0 rings (SSSR count). The first-order chi connectivity index (χ1) is 6.19. The van der Waals surface area contributed by atoms with Crippen LogP contribution in [0.1, 0.15) is 20.3 Å². The lowest BCUT2D eigenvalue weighted by Gasteiger charge is -2.21. The molecule has 0 bridgehead atoms. The fourth-order valence-electron chi connectivity index (χ4n) is 0.941. The highest BCUT2D eigenvalue weighted by Crippen LogP contribution is 2.23. The Hall–Kier alpha value is -1.66. The first-order valence-corrected chi connectivity index (χ1v) is 3.78. The van der Waals surface area contributed by atoms with Crippen molar-refractivity contribution in [1.82, 2.24) is 0 Å². The van der Waals surface area contributed by atoms with E-state index < -0.39 is 34.7 Å². The van der Waals surface area contributed by atoms with Crippen molar-refractivity contribution in [3.8, 4) is 0 Å². The van der Waals surface area contributed by atoms with E-state index in [-0.39, 0.29) is 0 Å². The molecule has 0 aromatic rings. The van der Waals surface area contributed by atoms with E-state index in [0.29, 0.717) is 0 Å². The molecule has 0 saturated heterocycles. The van der Waals surface area contributed by atoms with Crippen molar-refractivity contribution < 1.29 is 24.7 Å². The Balaban J connectivity index is 4.91. The van der Waals surface area contributed by atoms with Crippen molar-refractivity contribution in [3.63, 3.8) is 0 Å². The van der Waals surface area contributed by atoms with Gasteiger partial charge in [-0.15, -0.1) is 0 Å². The zero-order valence-corrected chi connectivity index (χ0v) is 7.76. The minimum atomic E-state index is -1.79. The van der Waals surface area contributed by atoms with Crippen LogP contribution in [-0.4, -0.2) is 32.6 Å². The number of carboxylic acid groups (broad SMARTS) is 2. The number of hydrogen-bond acceptors (Lipinski definition) is 4. The lowest BCUT2D eigenvalue weighted by Crippen LogP contribution is -2.44. The average Bonchev–Trinajstić information content (AvgIpc) is 1.98. The summed E-state index contributed by atoms with van der Waals surface area (Å²) >= 11 is 0. The standard InChI is InChI=1S/C7H11NO6/c1-7(2,8(13)14)4(6(11)12)3-5(9)10/h4H,3H2,1-2H3,(H,9,10)(H,11,12). The number of nitro groups is 1. The Morgan fingerprint density at radius 2 is 1.86 bits per heavy atom. The van der Waals surface area contributed by atoms with Crippen LogP contribution in [0.25, 0.3) is 0 Å². The van der Waals surface area contributed by atoms with Gasteiger partial charge in [0, 0.05) is 18.8 Å². The van der Waals surface area contributed by atoms with Gasteiger partial charge in [-0.3, -0.25) is 19.7 Å². The maximum absolute atomic E-state index is 10.6. The summed E-state index contributed by atoms with van der Waals surface area (Å²) in [6, 6.07) is 0. The number of rotatable bonds is 5. The molecule has 0 amide bonds. The Labute approximate surface area is 79.5 Å². The van der Waals surface area contributed by atoms with Crippen molar-refractivity contribution in [2.24, 2.45) is 5.92 Å². The number of nitrogens with zero attached hydrogens (tertiary/aromatic N) is 1. The van der Waals surface area contributed by atoms with Crippen LogP contribution in [0, 0.1) is 16.0 Å².